The van der Waals surface area contributed by atoms with Crippen LogP contribution in [0.3, 0.4) is 0 Å². The van der Waals surface area contributed by atoms with Crippen LogP contribution in [0.2, 0.25) is 0 Å². The summed E-state index contributed by atoms with van der Waals surface area (Å²) in [5, 5.41) is 10.8. The molecule has 0 spiro atoms. The fraction of sp³-hybridized carbons (Fsp3) is 0.467. The molecule has 1 fully saturated rings. The van der Waals surface area contributed by atoms with Gasteiger partial charge in [-0.05, 0) is 31.2 Å². The van der Waals surface area contributed by atoms with E-state index in [0.717, 1.165) is 24.3 Å². The van der Waals surface area contributed by atoms with Crippen molar-refractivity contribution in [2.45, 2.75) is 30.6 Å². The van der Waals surface area contributed by atoms with Gasteiger partial charge in [-0.15, -0.1) is 0 Å². The van der Waals surface area contributed by atoms with Crippen molar-refractivity contribution >= 4 is 11.8 Å². The van der Waals surface area contributed by atoms with Crippen LogP contribution in [0.15, 0.2) is 30.7 Å². The summed E-state index contributed by atoms with van der Waals surface area (Å²) in [7, 11) is 0. The highest BCUT2D eigenvalue weighted by Crippen LogP contribution is 2.42. The van der Waals surface area contributed by atoms with Crippen molar-refractivity contribution in [1.82, 2.24) is 20.5 Å². The van der Waals surface area contributed by atoms with Gasteiger partial charge in [0.15, 0.2) is 0 Å². The van der Waals surface area contributed by atoms with E-state index in [2.05, 4.69) is 32.8 Å². The van der Waals surface area contributed by atoms with Gasteiger partial charge in [0.05, 0.1) is 11.9 Å². The van der Waals surface area contributed by atoms with E-state index >= 15 is 0 Å². The number of hydrogen-bond acceptors (Lipinski definition) is 4. The van der Waals surface area contributed by atoms with E-state index in [4.69, 9.17) is 0 Å². The summed E-state index contributed by atoms with van der Waals surface area (Å²) in [6.07, 6.45) is 11.8. The van der Waals surface area contributed by atoms with Crippen molar-refractivity contribution in [1.29, 1.82) is 0 Å². The van der Waals surface area contributed by atoms with E-state index in [1.54, 1.807) is 6.20 Å². The van der Waals surface area contributed by atoms with E-state index in [1.807, 2.05) is 30.2 Å². The predicted molar refractivity (Wildman–Crippen MR) is 83.6 cm³/mol. The molecule has 1 saturated carbocycles. The Morgan fingerprint density at radius 3 is 2.95 bits per heavy atom. The van der Waals surface area contributed by atoms with Gasteiger partial charge in [-0.3, -0.25) is 10.1 Å². The SMILES string of the molecule is CSC1(CNCc2cn[nH]c2-c2cccnc2)CCC1. The largest absolute Gasteiger partial charge is 0.311 e. The first-order valence-corrected chi connectivity index (χ1v) is 8.24. The third-order valence-electron chi connectivity index (χ3n) is 4.13. The summed E-state index contributed by atoms with van der Waals surface area (Å²) in [5.74, 6) is 0. The van der Waals surface area contributed by atoms with Gasteiger partial charge >= 0.3 is 0 Å². The van der Waals surface area contributed by atoms with Gasteiger partial charge in [0.2, 0.25) is 0 Å². The molecule has 3 rings (SSSR count). The Morgan fingerprint density at radius 1 is 1.40 bits per heavy atom. The monoisotopic (exact) mass is 288 g/mol. The van der Waals surface area contributed by atoms with Crippen molar-refractivity contribution in [2.75, 3.05) is 12.8 Å². The van der Waals surface area contributed by atoms with Crippen LogP contribution in [0.1, 0.15) is 24.8 Å². The lowest BCUT2D eigenvalue weighted by molar-refractivity contribution is 0.345. The Hall–Kier alpha value is -1.33. The second-order valence-electron chi connectivity index (χ2n) is 5.36. The lowest BCUT2D eigenvalue weighted by Gasteiger charge is -2.40. The standard InChI is InChI=1S/C15H20N4S/c1-20-15(5-3-6-15)11-17-9-13-10-18-19-14(13)12-4-2-7-16-8-12/h2,4,7-8,10,17H,3,5-6,9,11H2,1H3,(H,18,19). The molecule has 2 heterocycles. The Morgan fingerprint density at radius 2 is 2.30 bits per heavy atom. The Balaban J connectivity index is 1.63. The smallest absolute Gasteiger partial charge is 0.0710 e. The van der Waals surface area contributed by atoms with Crippen LogP contribution >= 0.6 is 11.8 Å². The number of aromatic nitrogens is 3. The molecule has 2 N–H and O–H groups in total. The molecule has 0 radical (unpaired) electrons. The second-order valence-corrected chi connectivity index (χ2v) is 6.63. The van der Waals surface area contributed by atoms with Crippen LogP contribution in [0.25, 0.3) is 11.3 Å². The van der Waals surface area contributed by atoms with Gasteiger partial charge in [-0.2, -0.15) is 16.9 Å². The van der Waals surface area contributed by atoms with Gasteiger partial charge in [0, 0.05) is 41.4 Å². The number of rotatable bonds is 6. The highest BCUT2D eigenvalue weighted by Gasteiger charge is 2.35. The zero-order valence-electron chi connectivity index (χ0n) is 11.7. The topological polar surface area (TPSA) is 53.6 Å². The molecule has 2 aromatic rings. The summed E-state index contributed by atoms with van der Waals surface area (Å²) in [6.45, 7) is 1.93. The van der Waals surface area contributed by atoms with Crippen LogP contribution in [0, 0.1) is 0 Å². The van der Waals surface area contributed by atoms with Crippen LogP contribution in [0.5, 0.6) is 0 Å². The average Bonchev–Trinajstić information content (AvgIpc) is 2.91. The third-order valence-corrected chi connectivity index (χ3v) is 5.55. The van der Waals surface area contributed by atoms with Crippen molar-refractivity contribution in [3.05, 3.63) is 36.3 Å². The summed E-state index contributed by atoms with van der Waals surface area (Å²) in [4.78, 5) is 4.17. The summed E-state index contributed by atoms with van der Waals surface area (Å²) < 4.78 is 0.470. The zero-order chi connectivity index (χ0) is 13.8. The first-order valence-electron chi connectivity index (χ1n) is 7.01. The molecule has 0 unspecified atom stereocenters. The highest BCUT2D eigenvalue weighted by molar-refractivity contribution is 8.00. The molecular formula is C15H20N4S. The normalized spacial score (nSPS) is 16.9. The van der Waals surface area contributed by atoms with Crippen LogP contribution in [-0.2, 0) is 6.54 Å². The first kappa shape index (κ1) is 13.6. The molecular weight excluding hydrogens is 268 g/mol. The number of thioether (sulfide) groups is 1. The molecule has 20 heavy (non-hydrogen) atoms. The molecule has 1 aliphatic carbocycles. The number of hydrogen-bond donors (Lipinski definition) is 2. The van der Waals surface area contributed by atoms with E-state index in [1.165, 1.54) is 24.8 Å². The van der Waals surface area contributed by atoms with Crippen molar-refractivity contribution in [3.63, 3.8) is 0 Å². The lowest BCUT2D eigenvalue weighted by Crippen LogP contribution is -2.43. The van der Waals surface area contributed by atoms with Gasteiger partial charge in [0.25, 0.3) is 0 Å². The Labute approximate surface area is 123 Å². The van der Waals surface area contributed by atoms with Gasteiger partial charge < -0.3 is 5.32 Å². The summed E-state index contributed by atoms with van der Waals surface area (Å²) in [5.41, 5.74) is 3.36. The molecule has 0 bridgehead atoms. The molecule has 2 aromatic heterocycles. The molecule has 0 aliphatic heterocycles. The maximum absolute atomic E-state index is 4.17. The molecule has 5 heteroatoms. The quantitative estimate of drug-likeness (QED) is 0.858. The van der Waals surface area contributed by atoms with E-state index in [-0.39, 0.29) is 0 Å². The Bertz CT molecular complexity index is 543. The van der Waals surface area contributed by atoms with Gasteiger partial charge in [-0.25, -0.2) is 0 Å². The number of aromatic amines is 1. The minimum Gasteiger partial charge on any atom is -0.311 e. The van der Waals surface area contributed by atoms with E-state index in [9.17, 15) is 0 Å². The van der Waals surface area contributed by atoms with Crippen LogP contribution in [0.4, 0.5) is 0 Å². The number of nitrogens with zero attached hydrogens (tertiary/aromatic N) is 2. The summed E-state index contributed by atoms with van der Waals surface area (Å²) >= 11 is 2.00. The molecule has 106 valence electrons. The molecule has 0 saturated heterocycles. The fourth-order valence-corrected chi connectivity index (χ4v) is 3.60. The lowest BCUT2D eigenvalue weighted by atomic mass is 9.84. The average molecular weight is 288 g/mol. The van der Waals surface area contributed by atoms with Crippen molar-refractivity contribution in [3.8, 4) is 11.3 Å². The minimum atomic E-state index is 0.470. The minimum absolute atomic E-state index is 0.470. The number of H-pyrrole nitrogens is 1. The molecule has 4 nitrogen and oxygen atoms in total. The van der Waals surface area contributed by atoms with Crippen molar-refractivity contribution < 1.29 is 0 Å². The maximum atomic E-state index is 4.17. The number of pyridine rings is 1. The highest BCUT2D eigenvalue weighted by atomic mass is 32.2. The van der Waals surface area contributed by atoms with Crippen LogP contribution < -0.4 is 5.32 Å². The zero-order valence-corrected chi connectivity index (χ0v) is 12.5. The Kier molecular flexibility index (Phi) is 4.08. The fourth-order valence-electron chi connectivity index (χ4n) is 2.65. The third kappa shape index (κ3) is 2.74. The first-order chi connectivity index (χ1) is 9.83. The van der Waals surface area contributed by atoms with Gasteiger partial charge in [-0.1, -0.05) is 6.42 Å². The molecule has 0 aromatic carbocycles. The predicted octanol–water partition coefficient (Wildman–Crippen LogP) is 2.85. The van der Waals surface area contributed by atoms with Crippen LogP contribution in [-0.4, -0.2) is 32.7 Å². The van der Waals surface area contributed by atoms with E-state index < -0.39 is 0 Å². The number of nitrogens with one attached hydrogen (secondary N) is 2. The van der Waals surface area contributed by atoms with E-state index in [0.29, 0.717) is 4.75 Å². The molecule has 1 aliphatic rings. The molecule has 0 amide bonds. The molecule has 0 atom stereocenters. The van der Waals surface area contributed by atoms with Gasteiger partial charge in [0.1, 0.15) is 0 Å². The van der Waals surface area contributed by atoms with Crippen molar-refractivity contribution in [2.24, 2.45) is 0 Å². The maximum Gasteiger partial charge on any atom is 0.0710 e. The second kappa shape index (κ2) is 5.97. The summed E-state index contributed by atoms with van der Waals surface area (Å²) in [6, 6.07) is 4.00.